The maximum atomic E-state index is 2.47. The van der Waals surface area contributed by atoms with E-state index in [2.05, 4.69) is 223 Å². The summed E-state index contributed by atoms with van der Waals surface area (Å²) in [5.41, 5.74) is 8.37. The monoisotopic (exact) mass is 868 g/mol. The van der Waals surface area contributed by atoms with Crippen LogP contribution in [0.25, 0.3) is 79.4 Å². The molecule has 0 aliphatic heterocycles. The first-order valence-electron chi connectivity index (χ1n) is 22.8. The molecule has 0 N–H and O–H groups in total. The van der Waals surface area contributed by atoms with Gasteiger partial charge in [-0.3, -0.25) is 0 Å². The van der Waals surface area contributed by atoms with Crippen LogP contribution in [0.15, 0.2) is 200 Å². The van der Waals surface area contributed by atoms with Crippen LogP contribution in [0, 0.1) is 5.92 Å². The normalized spacial score (nSPS) is 14.0. The van der Waals surface area contributed by atoms with Crippen molar-refractivity contribution in [2.24, 2.45) is 5.92 Å². The average molecular weight is 869 g/mol. The highest BCUT2D eigenvalue weighted by Crippen LogP contribution is 2.47. The molecule has 0 saturated heterocycles. The minimum atomic E-state index is 0.707. The SMILES string of the molecule is CCC1CC=Cc2c(sc3cc(N(c4ccc5c(ccc6cc(N(c7ccc8c(c7)sc7ccccc78)c7cccc8ccccc78)ccc65)c4)c4cccc5ccccc45)ccc23)C1. The van der Waals surface area contributed by atoms with E-state index in [4.69, 9.17) is 0 Å². The van der Waals surface area contributed by atoms with Gasteiger partial charge in [0, 0.05) is 68.7 Å². The fourth-order valence-electron chi connectivity index (χ4n) is 10.5. The minimum absolute atomic E-state index is 0.707. The second-order valence-corrected chi connectivity index (χ2v) is 19.8. The summed E-state index contributed by atoms with van der Waals surface area (Å²) in [6.07, 6.45) is 8.32. The smallest absolute Gasteiger partial charge is 0.0540 e. The van der Waals surface area contributed by atoms with Gasteiger partial charge in [0.05, 0.1) is 11.4 Å². The molecule has 0 spiro atoms. The third-order valence-electron chi connectivity index (χ3n) is 13.8. The molecule has 0 fully saturated rings. The van der Waals surface area contributed by atoms with Gasteiger partial charge in [-0.2, -0.15) is 0 Å². The van der Waals surface area contributed by atoms with E-state index in [9.17, 15) is 0 Å². The summed E-state index contributed by atoms with van der Waals surface area (Å²) in [5.74, 6) is 0.707. The topological polar surface area (TPSA) is 6.48 Å². The van der Waals surface area contributed by atoms with Crippen molar-refractivity contribution in [2.75, 3.05) is 9.80 Å². The fraction of sp³-hybridized carbons (Fsp3) is 0.0820. The largest absolute Gasteiger partial charge is 0.310 e. The van der Waals surface area contributed by atoms with Crippen molar-refractivity contribution in [3.63, 3.8) is 0 Å². The molecular weight excluding hydrogens is 825 g/mol. The number of anilines is 6. The van der Waals surface area contributed by atoms with Gasteiger partial charge in [0.2, 0.25) is 0 Å². The molecule has 0 radical (unpaired) electrons. The Morgan fingerprint density at radius 1 is 0.415 bits per heavy atom. The Morgan fingerprint density at radius 3 is 1.52 bits per heavy atom. The Bertz CT molecular complexity index is 3860. The van der Waals surface area contributed by atoms with E-state index >= 15 is 0 Å². The van der Waals surface area contributed by atoms with Crippen molar-refractivity contribution in [1.29, 1.82) is 0 Å². The highest BCUT2D eigenvalue weighted by atomic mass is 32.1. The minimum Gasteiger partial charge on any atom is -0.310 e. The van der Waals surface area contributed by atoms with Crippen LogP contribution in [0.4, 0.5) is 34.1 Å². The Balaban J connectivity index is 0.945. The molecule has 0 saturated carbocycles. The summed E-state index contributed by atoms with van der Waals surface area (Å²) in [6, 6.07) is 72.4. The standard InChI is InChI=1S/C61H44N2S2/c1-2-39-12-9-20-53-55-33-29-47(38-61(55)65-59(53)34-39)63(57-22-11-16-41-14-4-6-18-51(41)57)45-27-31-49-43(36-45)25-24-42-35-44(26-30-48(42)49)62(56-21-10-15-40-13-3-5-17-50(40)56)46-28-32-54-52-19-7-8-23-58(52)64-60(54)37-46/h3-11,13-33,35-39H,2,12,34H2,1H3. The van der Waals surface area contributed by atoms with Crippen LogP contribution in [0.1, 0.15) is 30.2 Å². The molecular formula is C61H44N2S2. The third kappa shape index (κ3) is 6.43. The lowest BCUT2D eigenvalue weighted by Crippen LogP contribution is -2.10. The van der Waals surface area contributed by atoms with Gasteiger partial charge < -0.3 is 9.80 Å². The second-order valence-electron chi connectivity index (χ2n) is 17.6. The second kappa shape index (κ2) is 15.5. The third-order valence-corrected chi connectivity index (χ3v) is 16.1. The lowest BCUT2D eigenvalue weighted by molar-refractivity contribution is 0.521. The van der Waals surface area contributed by atoms with Crippen LogP contribution < -0.4 is 9.80 Å². The van der Waals surface area contributed by atoms with E-state index in [0.29, 0.717) is 5.92 Å². The van der Waals surface area contributed by atoms with E-state index in [1.54, 1.807) is 0 Å². The fourth-order valence-corrected chi connectivity index (χ4v) is 13.0. The summed E-state index contributed by atoms with van der Waals surface area (Å²) in [6.45, 7) is 2.33. The lowest BCUT2D eigenvalue weighted by Gasteiger charge is -2.28. The summed E-state index contributed by atoms with van der Waals surface area (Å²) in [7, 11) is 0. The average Bonchev–Trinajstić information content (AvgIpc) is 3.82. The van der Waals surface area contributed by atoms with Crippen molar-refractivity contribution >= 4 is 136 Å². The van der Waals surface area contributed by atoms with Gasteiger partial charge in [-0.25, -0.2) is 0 Å². The Hall–Kier alpha value is -7.24. The highest BCUT2D eigenvalue weighted by molar-refractivity contribution is 7.25. The molecule has 65 heavy (non-hydrogen) atoms. The van der Waals surface area contributed by atoms with E-state index in [1.165, 1.54) is 114 Å². The Morgan fingerprint density at radius 2 is 0.908 bits per heavy atom. The van der Waals surface area contributed by atoms with Crippen molar-refractivity contribution < 1.29 is 0 Å². The van der Waals surface area contributed by atoms with Gasteiger partial charge in [0.15, 0.2) is 0 Å². The molecule has 1 aliphatic carbocycles. The zero-order chi connectivity index (χ0) is 43.0. The molecule has 0 amide bonds. The zero-order valence-corrected chi connectivity index (χ0v) is 37.7. The molecule has 13 rings (SSSR count). The van der Waals surface area contributed by atoms with Crippen LogP contribution in [-0.2, 0) is 6.42 Å². The van der Waals surface area contributed by atoms with Crippen LogP contribution in [0.5, 0.6) is 0 Å². The quantitative estimate of drug-likeness (QED) is 0.147. The molecule has 12 aromatic rings. The number of hydrogen-bond acceptors (Lipinski definition) is 4. The van der Waals surface area contributed by atoms with Gasteiger partial charge in [0.1, 0.15) is 0 Å². The van der Waals surface area contributed by atoms with Crippen molar-refractivity contribution in [2.45, 2.75) is 26.2 Å². The van der Waals surface area contributed by atoms with Crippen molar-refractivity contribution in [3.8, 4) is 0 Å². The van der Waals surface area contributed by atoms with Crippen molar-refractivity contribution in [3.05, 3.63) is 211 Å². The number of allylic oxidation sites excluding steroid dienone is 1. The molecule has 0 bridgehead atoms. The predicted molar refractivity (Wildman–Crippen MR) is 285 cm³/mol. The maximum absolute atomic E-state index is 2.47. The van der Waals surface area contributed by atoms with Crippen LogP contribution in [-0.4, -0.2) is 0 Å². The molecule has 310 valence electrons. The molecule has 1 aliphatic rings. The predicted octanol–water partition coefficient (Wildman–Crippen LogP) is 18.8. The number of nitrogens with zero attached hydrogens (tertiary/aromatic N) is 2. The number of fused-ring (bicyclic) bond motifs is 11. The number of rotatable bonds is 7. The van der Waals surface area contributed by atoms with Gasteiger partial charge in [-0.1, -0.05) is 153 Å². The molecule has 4 heteroatoms. The molecule has 2 aromatic heterocycles. The van der Waals surface area contributed by atoms with Gasteiger partial charge >= 0.3 is 0 Å². The Kier molecular flexibility index (Phi) is 9.11. The zero-order valence-electron chi connectivity index (χ0n) is 36.0. The van der Waals surface area contributed by atoms with Crippen LogP contribution in [0.3, 0.4) is 0 Å². The van der Waals surface area contributed by atoms with Crippen molar-refractivity contribution in [1.82, 2.24) is 0 Å². The molecule has 2 heterocycles. The first-order valence-corrected chi connectivity index (χ1v) is 24.4. The molecule has 10 aromatic carbocycles. The van der Waals surface area contributed by atoms with Gasteiger partial charge in [0.25, 0.3) is 0 Å². The van der Waals surface area contributed by atoms with E-state index in [-0.39, 0.29) is 0 Å². The lowest BCUT2D eigenvalue weighted by atomic mass is 9.98. The molecule has 1 atom stereocenters. The first-order chi connectivity index (χ1) is 32.1. The van der Waals surface area contributed by atoms with Gasteiger partial charge in [-0.15, -0.1) is 22.7 Å². The van der Waals surface area contributed by atoms with Gasteiger partial charge in [-0.05, 0) is 123 Å². The molecule has 1 unspecified atom stereocenters. The van der Waals surface area contributed by atoms with E-state index in [1.807, 2.05) is 22.7 Å². The number of thiophene rings is 2. The van der Waals surface area contributed by atoms with Crippen LogP contribution in [0.2, 0.25) is 0 Å². The number of hydrogen-bond donors (Lipinski definition) is 0. The summed E-state index contributed by atoms with van der Waals surface area (Å²) in [4.78, 5) is 6.44. The van der Waals surface area contributed by atoms with E-state index < -0.39 is 0 Å². The molecule has 2 nitrogen and oxygen atoms in total. The summed E-state index contributed by atoms with van der Waals surface area (Å²) >= 11 is 3.85. The summed E-state index contributed by atoms with van der Waals surface area (Å²) < 4.78 is 3.96. The Labute approximate surface area is 386 Å². The van der Waals surface area contributed by atoms with E-state index in [0.717, 1.165) is 23.5 Å². The first kappa shape index (κ1) is 38.2. The number of benzene rings is 10. The highest BCUT2D eigenvalue weighted by Gasteiger charge is 2.22. The maximum Gasteiger partial charge on any atom is 0.0540 e. The summed E-state index contributed by atoms with van der Waals surface area (Å²) in [5, 5.41) is 13.8. The van der Waals surface area contributed by atoms with Crippen LogP contribution >= 0.6 is 22.7 Å².